The quantitative estimate of drug-likeness (QED) is 0.798. The van der Waals surface area contributed by atoms with Crippen LogP contribution in [-0.4, -0.2) is 35.9 Å². The van der Waals surface area contributed by atoms with Gasteiger partial charge in [-0.3, -0.25) is 0 Å². The van der Waals surface area contributed by atoms with Gasteiger partial charge in [-0.2, -0.15) is 0 Å². The molecule has 1 aliphatic heterocycles. The number of carbonyl (C=O) groups is 2. The molecule has 1 saturated heterocycles. The van der Waals surface area contributed by atoms with Crippen molar-refractivity contribution in [3.8, 4) is 0 Å². The molecule has 6 nitrogen and oxygen atoms in total. The van der Waals surface area contributed by atoms with Crippen LogP contribution in [0, 0.1) is 6.92 Å². The summed E-state index contributed by atoms with van der Waals surface area (Å²) in [6, 6.07) is 4.49. The van der Waals surface area contributed by atoms with Gasteiger partial charge in [0.05, 0.1) is 5.56 Å². The smallest absolute Gasteiger partial charge is 0.336 e. The third kappa shape index (κ3) is 3.95. The highest BCUT2D eigenvalue weighted by Gasteiger charge is 2.28. The van der Waals surface area contributed by atoms with E-state index in [1.807, 2.05) is 6.92 Å². The van der Waals surface area contributed by atoms with E-state index in [2.05, 4.69) is 10.6 Å². The first kappa shape index (κ1) is 15.3. The molecular weight excluding hydrogens is 272 g/mol. The number of hydrogen-bond donors (Lipinski definition) is 3. The maximum absolute atomic E-state index is 12.0. The number of hydrogen-bond acceptors (Lipinski definition) is 3. The summed E-state index contributed by atoms with van der Waals surface area (Å²) in [6.45, 7) is 4.96. The predicted molar refractivity (Wildman–Crippen MR) is 78.8 cm³/mol. The van der Waals surface area contributed by atoms with Crippen LogP contribution in [-0.2, 0) is 4.74 Å². The Morgan fingerprint density at radius 1 is 1.29 bits per heavy atom. The maximum Gasteiger partial charge on any atom is 0.336 e. The second-order valence-electron chi connectivity index (χ2n) is 5.59. The van der Waals surface area contributed by atoms with Crippen molar-refractivity contribution in [1.82, 2.24) is 5.32 Å². The molecule has 0 saturated carbocycles. The monoisotopic (exact) mass is 292 g/mol. The Kier molecular flexibility index (Phi) is 4.47. The molecule has 21 heavy (non-hydrogen) atoms. The van der Waals surface area contributed by atoms with Gasteiger partial charge >= 0.3 is 12.0 Å². The van der Waals surface area contributed by atoms with Crippen LogP contribution in [0.3, 0.4) is 0 Å². The SMILES string of the molecule is Cc1ccc(NC(=O)NC2(C)CCOCC2)cc1C(=O)O. The Bertz CT molecular complexity index is 551. The number of anilines is 1. The summed E-state index contributed by atoms with van der Waals surface area (Å²) in [4.78, 5) is 23.1. The maximum atomic E-state index is 12.0. The fourth-order valence-corrected chi connectivity index (χ4v) is 2.31. The van der Waals surface area contributed by atoms with Crippen molar-refractivity contribution >= 4 is 17.7 Å². The summed E-state index contributed by atoms with van der Waals surface area (Å²) in [6.07, 6.45) is 1.52. The zero-order chi connectivity index (χ0) is 15.5. The molecule has 0 radical (unpaired) electrons. The average Bonchev–Trinajstić information content (AvgIpc) is 2.40. The van der Waals surface area contributed by atoms with Gasteiger partial charge in [-0.15, -0.1) is 0 Å². The van der Waals surface area contributed by atoms with E-state index in [-0.39, 0.29) is 17.1 Å². The van der Waals surface area contributed by atoms with Gasteiger partial charge in [0.1, 0.15) is 0 Å². The van der Waals surface area contributed by atoms with Gasteiger partial charge in [-0.1, -0.05) is 6.07 Å². The third-order valence-electron chi connectivity index (χ3n) is 3.74. The van der Waals surface area contributed by atoms with Crippen molar-refractivity contribution in [3.05, 3.63) is 29.3 Å². The minimum Gasteiger partial charge on any atom is -0.478 e. The molecule has 1 fully saturated rings. The van der Waals surface area contributed by atoms with Crippen LogP contribution < -0.4 is 10.6 Å². The first-order valence-corrected chi connectivity index (χ1v) is 6.90. The van der Waals surface area contributed by atoms with Gasteiger partial charge in [0.2, 0.25) is 0 Å². The molecule has 1 aromatic rings. The standard InChI is InChI=1S/C15H20N2O4/c1-10-3-4-11(9-12(10)13(18)19)16-14(20)17-15(2)5-7-21-8-6-15/h3-4,9H,5-8H2,1-2H3,(H,18,19)(H2,16,17,20). The fraction of sp³-hybridized carbons (Fsp3) is 0.467. The number of ether oxygens (including phenoxy) is 1. The number of urea groups is 1. The van der Waals surface area contributed by atoms with Crippen LogP contribution in [0.25, 0.3) is 0 Å². The molecule has 2 amide bonds. The topological polar surface area (TPSA) is 87.7 Å². The van der Waals surface area contributed by atoms with E-state index in [0.29, 0.717) is 24.5 Å². The summed E-state index contributed by atoms with van der Waals surface area (Å²) in [5, 5.41) is 14.7. The minimum atomic E-state index is -1.01. The number of rotatable bonds is 3. The van der Waals surface area contributed by atoms with Gasteiger partial charge in [-0.05, 0) is 44.4 Å². The van der Waals surface area contributed by atoms with Crippen LogP contribution in [0.1, 0.15) is 35.7 Å². The highest BCUT2D eigenvalue weighted by Crippen LogP contribution is 2.20. The lowest BCUT2D eigenvalue weighted by molar-refractivity contribution is 0.0499. The van der Waals surface area contributed by atoms with Crippen molar-refractivity contribution in [2.75, 3.05) is 18.5 Å². The molecule has 6 heteroatoms. The molecule has 0 aromatic heterocycles. The second-order valence-corrected chi connectivity index (χ2v) is 5.59. The van der Waals surface area contributed by atoms with Crippen molar-refractivity contribution in [2.45, 2.75) is 32.2 Å². The third-order valence-corrected chi connectivity index (χ3v) is 3.74. The van der Waals surface area contributed by atoms with E-state index < -0.39 is 5.97 Å². The highest BCUT2D eigenvalue weighted by molar-refractivity contribution is 5.94. The summed E-state index contributed by atoms with van der Waals surface area (Å²) in [5.41, 5.74) is 1.02. The Morgan fingerprint density at radius 2 is 1.95 bits per heavy atom. The largest absolute Gasteiger partial charge is 0.478 e. The molecule has 0 aliphatic carbocycles. The Balaban J connectivity index is 2.02. The van der Waals surface area contributed by atoms with E-state index in [9.17, 15) is 9.59 Å². The van der Waals surface area contributed by atoms with Crippen LogP contribution >= 0.6 is 0 Å². The minimum absolute atomic E-state index is 0.185. The lowest BCUT2D eigenvalue weighted by Crippen LogP contribution is -2.51. The second kappa shape index (κ2) is 6.13. The predicted octanol–water partition coefficient (Wildman–Crippen LogP) is 2.38. The molecule has 0 atom stereocenters. The zero-order valence-electron chi connectivity index (χ0n) is 12.2. The van der Waals surface area contributed by atoms with E-state index in [1.165, 1.54) is 6.07 Å². The van der Waals surface area contributed by atoms with E-state index >= 15 is 0 Å². The number of nitrogens with one attached hydrogen (secondary N) is 2. The fourth-order valence-electron chi connectivity index (χ4n) is 2.31. The molecule has 3 N–H and O–H groups in total. The molecule has 1 heterocycles. The number of benzene rings is 1. The van der Waals surface area contributed by atoms with E-state index in [1.54, 1.807) is 19.1 Å². The van der Waals surface area contributed by atoms with Gasteiger partial charge in [-0.25, -0.2) is 9.59 Å². The number of aryl methyl sites for hydroxylation is 1. The highest BCUT2D eigenvalue weighted by atomic mass is 16.5. The van der Waals surface area contributed by atoms with E-state index in [0.717, 1.165) is 12.8 Å². The number of amides is 2. The normalized spacial score (nSPS) is 17.0. The number of carbonyl (C=O) groups excluding carboxylic acids is 1. The van der Waals surface area contributed by atoms with Crippen LogP contribution in [0.15, 0.2) is 18.2 Å². The van der Waals surface area contributed by atoms with Crippen molar-refractivity contribution < 1.29 is 19.4 Å². The Morgan fingerprint density at radius 3 is 2.57 bits per heavy atom. The van der Waals surface area contributed by atoms with Gasteiger partial charge < -0.3 is 20.5 Å². The van der Waals surface area contributed by atoms with Crippen LogP contribution in [0.4, 0.5) is 10.5 Å². The molecule has 2 rings (SSSR count). The summed E-state index contributed by atoms with van der Waals surface area (Å²) < 4.78 is 5.28. The van der Waals surface area contributed by atoms with E-state index in [4.69, 9.17) is 9.84 Å². The summed E-state index contributed by atoms with van der Waals surface area (Å²) >= 11 is 0. The molecule has 114 valence electrons. The molecule has 0 bridgehead atoms. The van der Waals surface area contributed by atoms with Gasteiger partial charge in [0.25, 0.3) is 0 Å². The molecular formula is C15H20N2O4. The molecule has 1 aromatic carbocycles. The van der Waals surface area contributed by atoms with Crippen LogP contribution in [0.5, 0.6) is 0 Å². The number of aromatic carboxylic acids is 1. The number of carboxylic acid groups (broad SMARTS) is 1. The Labute approximate surface area is 123 Å². The summed E-state index contributed by atoms with van der Waals surface area (Å²) in [7, 11) is 0. The van der Waals surface area contributed by atoms with Crippen LogP contribution in [0.2, 0.25) is 0 Å². The lowest BCUT2D eigenvalue weighted by Gasteiger charge is -2.34. The molecule has 0 unspecified atom stereocenters. The zero-order valence-corrected chi connectivity index (χ0v) is 12.2. The Hall–Kier alpha value is -2.08. The van der Waals surface area contributed by atoms with Crippen molar-refractivity contribution in [1.29, 1.82) is 0 Å². The van der Waals surface area contributed by atoms with Crippen molar-refractivity contribution in [2.24, 2.45) is 0 Å². The van der Waals surface area contributed by atoms with Gasteiger partial charge in [0.15, 0.2) is 0 Å². The number of carboxylic acids is 1. The first-order chi connectivity index (χ1) is 9.89. The summed E-state index contributed by atoms with van der Waals surface area (Å²) in [5.74, 6) is -1.01. The van der Waals surface area contributed by atoms with Gasteiger partial charge in [0, 0.05) is 24.4 Å². The lowest BCUT2D eigenvalue weighted by atomic mass is 9.93. The average molecular weight is 292 g/mol. The molecule has 1 aliphatic rings. The van der Waals surface area contributed by atoms with Crippen molar-refractivity contribution in [3.63, 3.8) is 0 Å². The first-order valence-electron chi connectivity index (χ1n) is 6.90. The molecule has 0 spiro atoms.